The van der Waals surface area contributed by atoms with Crippen molar-refractivity contribution in [2.75, 3.05) is 13.1 Å². The molecule has 2 aliphatic heterocycles. The monoisotopic (exact) mass is 252 g/mol. The number of fused-ring (bicyclic) bond motifs is 1. The summed E-state index contributed by atoms with van der Waals surface area (Å²) in [5, 5.41) is 9.79. The van der Waals surface area contributed by atoms with Gasteiger partial charge in [-0.05, 0) is 38.6 Å². The highest BCUT2D eigenvalue weighted by Gasteiger charge is 2.61. The molecule has 1 N–H and O–H groups in total. The minimum atomic E-state index is -0.955. The van der Waals surface area contributed by atoms with E-state index >= 15 is 0 Å². The van der Waals surface area contributed by atoms with Crippen LogP contribution in [0.15, 0.2) is 0 Å². The minimum absolute atomic E-state index is 0.0273. The molecule has 5 nitrogen and oxygen atoms in total. The van der Waals surface area contributed by atoms with Gasteiger partial charge in [0.15, 0.2) is 5.54 Å². The quantitative estimate of drug-likeness (QED) is 0.802. The zero-order chi connectivity index (χ0) is 12.9. The molecule has 3 aliphatic rings. The van der Waals surface area contributed by atoms with E-state index in [2.05, 4.69) is 4.90 Å². The molecule has 2 unspecified atom stereocenters. The molecule has 0 aromatic carbocycles. The molecule has 1 aliphatic carbocycles. The number of rotatable bonds is 3. The molecule has 0 aromatic rings. The van der Waals surface area contributed by atoms with Crippen molar-refractivity contribution in [2.24, 2.45) is 0 Å². The van der Waals surface area contributed by atoms with E-state index < -0.39 is 11.5 Å². The van der Waals surface area contributed by atoms with Gasteiger partial charge in [0, 0.05) is 25.6 Å². The third-order valence-corrected chi connectivity index (χ3v) is 4.75. The smallest absolute Gasteiger partial charge is 0.331 e. The SMILES string of the molecule is CC(=O)N(C1CC1)C1(C(=O)O)CCN2CCCC21. The third-order valence-electron chi connectivity index (χ3n) is 4.75. The molecule has 3 rings (SSSR count). The topological polar surface area (TPSA) is 60.9 Å². The van der Waals surface area contributed by atoms with E-state index in [-0.39, 0.29) is 18.0 Å². The standard InChI is InChI=1S/C13H20N2O3/c1-9(16)15(10-4-5-10)13(12(17)18)6-8-14-7-2-3-11(13)14/h10-11H,2-8H2,1H3,(H,17,18). The molecule has 2 atom stereocenters. The van der Waals surface area contributed by atoms with Gasteiger partial charge >= 0.3 is 5.97 Å². The molecule has 0 aromatic heterocycles. The van der Waals surface area contributed by atoms with Gasteiger partial charge in [0.2, 0.25) is 5.91 Å². The van der Waals surface area contributed by atoms with Crippen LogP contribution in [-0.4, -0.2) is 57.5 Å². The van der Waals surface area contributed by atoms with E-state index in [9.17, 15) is 14.7 Å². The van der Waals surface area contributed by atoms with Crippen LogP contribution in [0.25, 0.3) is 0 Å². The van der Waals surface area contributed by atoms with Gasteiger partial charge in [-0.15, -0.1) is 0 Å². The second kappa shape index (κ2) is 3.95. The minimum Gasteiger partial charge on any atom is -0.479 e. The zero-order valence-electron chi connectivity index (χ0n) is 10.8. The van der Waals surface area contributed by atoms with Gasteiger partial charge < -0.3 is 10.0 Å². The Labute approximate surface area is 107 Å². The van der Waals surface area contributed by atoms with Gasteiger partial charge in [0.05, 0.1) is 0 Å². The highest BCUT2D eigenvalue weighted by molar-refractivity contribution is 5.88. The van der Waals surface area contributed by atoms with Crippen LogP contribution in [0.4, 0.5) is 0 Å². The lowest BCUT2D eigenvalue weighted by Crippen LogP contribution is -2.62. The Morgan fingerprint density at radius 3 is 2.56 bits per heavy atom. The van der Waals surface area contributed by atoms with Crippen LogP contribution in [-0.2, 0) is 9.59 Å². The van der Waals surface area contributed by atoms with Crippen LogP contribution in [0.1, 0.15) is 39.0 Å². The summed E-state index contributed by atoms with van der Waals surface area (Å²) in [6, 6.07) is 0.193. The molecule has 0 spiro atoms. The number of hydrogen-bond acceptors (Lipinski definition) is 3. The number of carboxylic acids is 1. The van der Waals surface area contributed by atoms with Crippen LogP contribution >= 0.6 is 0 Å². The van der Waals surface area contributed by atoms with E-state index in [0.29, 0.717) is 6.42 Å². The Morgan fingerprint density at radius 1 is 1.28 bits per heavy atom. The van der Waals surface area contributed by atoms with Crippen molar-refractivity contribution in [3.63, 3.8) is 0 Å². The first kappa shape index (κ1) is 12.0. The summed E-state index contributed by atoms with van der Waals surface area (Å²) in [5.74, 6) is -0.882. The molecule has 3 fully saturated rings. The molecule has 0 bridgehead atoms. The number of nitrogens with zero attached hydrogens (tertiary/aromatic N) is 2. The molecule has 2 heterocycles. The average molecular weight is 252 g/mol. The first-order valence-electron chi connectivity index (χ1n) is 6.84. The average Bonchev–Trinajstić information content (AvgIpc) is 2.88. The summed E-state index contributed by atoms with van der Waals surface area (Å²) >= 11 is 0. The normalized spacial score (nSPS) is 35.5. The van der Waals surface area contributed by atoms with E-state index in [4.69, 9.17) is 0 Å². The molecule has 0 radical (unpaired) electrons. The molecule has 1 saturated carbocycles. The Morgan fingerprint density at radius 2 is 2.00 bits per heavy atom. The summed E-state index contributed by atoms with van der Waals surface area (Å²) in [4.78, 5) is 27.8. The summed E-state index contributed by atoms with van der Waals surface area (Å²) < 4.78 is 0. The van der Waals surface area contributed by atoms with E-state index in [1.807, 2.05) is 0 Å². The number of amides is 1. The van der Waals surface area contributed by atoms with E-state index in [0.717, 1.165) is 38.8 Å². The lowest BCUT2D eigenvalue weighted by Gasteiger charge is -2.41. The predicted molar refractivity (Wildman–Crippen MR) is 65.1 cm³/mol. The van der Waals surface area contributed by atoms with Crippen molar-refractivity contribution in [3.05, 3.63) is 0 Å². The first-order chi connectivity index (χ1) is 8.57. The molecular weight excluding hydrogens is 232 g/mol. The Balaban J connectivity index is 2.00. The van der Waals surface area contributed by atoms with E-state index in [1.54, 1.807) is 4.90 Å². The maximum absolute atomic E-state index is 12.0. The molecular formula is C13H20N2O3. The highest BCUT2D eigenvalue weighted by Crippen LogP contribution is 2.45. The van der Waals surface area contributed by atoms with E-state index in [1.165, 1.54) is 6.92 Å². The van der Waals surface area contributed by atoms with Crippen LogP contribution in [0, 0.1) is 0 Å². The summed E-state index contributed by atoms with van der Waals surface area (Å²) in [6.45, 7) is 3.31. The van der Waals surface area contributed by atoms with Crippen LogP contribution in [0.5, 0.6) is 0 Å². The van der Waals surface area contributed by atoms with Gasteiger partial charge in [0.25, 0.3) is 0 Å². The number of carbonyl (C=O) groups excluding carboxylic acids is 1. The van der Waals surface area contributed by atoms with Crippen molar-refractivity contribution < 1.29 is 14.7 Å². The molecule has 1 amide bonds. The zero-order valence-corrected chi connectivity index (χ0v) is 10.8. The lowest BCUT2D eigenvalue weighted by atomic mass is 9.86. The largest absolute Gasteiger partial charge is 0.479 e. The number of hydrogen-bond donors (Lipinski definition) is 1. The van der Waals surface area contributed by atoms with Gasteiger partial charge in [-0.25, -0.2) is 4.79 Å². The van der Waals surface area contributed by atoms with Gasteiger partial charge in [0.1, 0.15) is 0 Å². The summed E-state index contributed by atoms with van der Waals surface area (Å²) in [6.07, 6.45) is 4.46. The fourth-order valence-corrected chi connectivity index (χ4v) is 3.95. The highest BCUT2D eigenvalue weighted by atomic mass is 16.4. The second-order valence-corrected chi connectivity index (χ2v) is 5.79. The lowest BCUT2D eigenvalue weighted by molar-refractivity contribution is -0.161. The number of carbonyl (C=O) groups is 2. The van der Waals surface area contributed by atoms with Crippen molar-refractivity contribution >= 4 is 11.9 Å². The fourth-order valence-electron chi connectivity index (χ4n) is 3.95. The van der Waals surface area contributed by atoms with Gasteiger partial charge in [-0.3, -0.25) is 9.69 Å². The van der Waals surface area contributed by atoms with Crippen LogP contribution < -0.4 is 0 Å². The predicted octanol–water partition coefficient (Wildman–Crippen LogP) is 0.689. The second-order valence-electron chi connectivity index (χ2n) is 5.79. The van der Waals surface area contributed by atoms with Crippen LogP contribution in [0.3, 0.4) is 0 Å². The van der Waals surface area contributed by atoms with Gasteiger partial charge in [-0.1, -0.05) is 0 Å². The Hall–Kier alpha value is -1.10. The molecule has 2 saturated heterocycles. The van der Waals surface area contributed by atoms with Crippen LogP contribution in [0.2, 0.25) is 0 Å². The molecule has 5 heteroatoms. The maximum atomic E-state index is 12.0. The Kier molecular flexibility index (Phi) is 2.62. The van der Waals surface area contributed by atoms with Crippen molar-refractivity contribution in [3.8, 4) is 0 Å². The fraction of sp³-hybridized carbons (Fsp3) is 0.846. The molecule has 18 heavy (non-hydrogen) atoms. The number of aliphatic carboxylic acids is 1. The summed E-state index contributed by atoms with van der Waals surface area (Å²) in [5.41, 5.74) is -0.955. The van der Waals surface area contributed by atoms with Gasteiger partial charge in [-0.2, -0.15) is 0 Å². The van der Waals surface area contributed by atoms with Crippen molar-refractivity contribution in [1.82, 2.24) is 9.80 Å². The number of carboxylic acid groups (broad SMARTS) is 1. The van der Waals surface area contributed by atoms with Crippen molar-refractivity contribution in [2.45, 2.75) is 56.7 Å². The first-order valence-corrected chi connectivity index (χ1v) is 6.84. The molecule has 100 valence electrons. The summed E-state index contributed by atoms with van der Waals surface area (Å²) in [7, 11) is 0. The third kappa shape index (κ3) is 1.49. The Bertz CT molecular complexity index is 394. The van der Waals surface area contributed by atoms with Crippen molar-refractivity contribution in [1.29, 1.82) is 0 Å². The maximum Gasteiger partial charge on any atom is 0.331 e.